The van der Waals surface area contributed by atoms with E-state index < -0.39 is 29.2 Å². The van der Waals surface area contributed by atoms with Gasteiger partial charge in [-0.1, -0.05) is 35.0 Å². The molecule has 0 saturated carbocycles. The second kappa shape index (κ2) is 9.07. The zero-order valence-electron chi connectivity index (χ0n) is 13.7. The molecule has 9 nitrogen and oxygen atoms in total. The number of rotatable bonds is 7. The van der Waals surface area contributed by atoms with Crippen LogP contribution in [0.25, 0.3) is 0 Å². The number of carboxylic acids is 2. The molecule has 12 heteroatoms. The zero-order chi connectivity index (χ0) is 20.1. The number of carboxylic acid groups (broad SMARTS) is 2. The van der Waals surface area contributed by atoms with Gasteiger partial charge in [0.2, 0.25) is 5.91 Å². The van der Waals surface area contributed by atoms with Gasteiger partial charge in [0, 0.05) is 0 Å². The molecule has 0 spiro atoms. The lowest BCUT2D eigenvalue weighted by Crippen LogP contribution is -2.26. The lowest BCUT2D eigenvalue weighted by atomic mass is 10.2. The van der Waals surface area contributed by atoms with Crippen LogP contribution in [0, 0.1) is 0 Å². The lowest BCUT2D eigenvalue weighted by Gasteiger charge is -2.13. The third kappa shape index (κ3) is 5.84. The highest BCUT2D eigenvalue weighted by Gasteiger charge is 2.32. The third-order valence-electron chi connectivity index (χ3n) is 3.15. The van der Waals surface area contributed by atoms with Gasteiger partial charge >= 0.3 is 11.9 Å². The molecule has 1 saturated heterocycles. The fraction of sp³-hybridized carbons (Fsp3) is 0.267. The standard InChI is InChI=1S/C15H13Cl2N3O6S/c1-6(14(24)25)26-12-8(16)2-7(3-9(12)17)5-18-20-15-19-13(23)10(27-15)4-11(21)22/h2-3,5-6,10H,4H2,1H3,(H,21,22)(H,24,25)(H,19,20,23). The molecule has 3 N–H and O–H groups in total. The van der Waals surface area contributed by atoms with Gasteiger partial charge in [0.15, 0.2) is 17.0 Å². The summed E-state index contributed by atoms with van der Waals surface area (Å²) in [4.78, 5) is 33.1. The van der Waals surface area contributed by atoms with Crippen LogP contribution in [0.3, 0.4) is 0 Å². The number of hydrogen-bond acceptors (Lipinski definition) is 7. The number of benzene rings is 1. The molecule has 2 rings (SSSR count). The fourth-order valence-corrected chi connectivity index (χ4v) is 3.40. The first-order valence-electron chi connectivity index (χ1n) is 7.36. The maximum Gasteiger partial charge on any atom is 0.344 e. The topological polar surface area (TPSA) is 138 Å². The van der Waals surface area contributed by atoms with E-state index in [-0.39, 0.29) is 27.4 Å². The number of ether oxygens (including phenoxy) is 1. The minimum Gasteiger partial charge on any atom is -0.481 e. The first kappa shape index (κ1) is 21.0. The molecule has 1 amide bonds. The van der Waals surface area contributed by atoms with Crippen molar-refractivity contribution in [2.75, 3.05) is 0 Å². The Morgan fingerprint density at radius 3 is 2.56 bits per heavy atom. The van der Waals surface area contributed by atoms with Crippen molar-refractivity contribution in [3.63, 3.8) is 0 Å². The van der Waals surface area contributed by atoms with Crippen LogP contribution >= 0.6 is 35.0 Å². The predicted octanol–water partition coefficient (Wildman–Crippen LogP) is 2.24. The second-order valence-electron chi connectivity index (χ2n) is 5.26. The molecule has 0 radical (unpaired) electrons. The predicted molar refractivity (Wildman–Crippen MR) is 101 cm³/mol. The molecule has 0 aromatic heterocycles. The van der Waals surface area contributed by atoms with E-state index in [1.807, 2.05) is 0 Å². The van der Waals surface area contributed by atoms with Gasteiger partial charge in [0.25, 0.3) is 0 Å². The summed E-state index contributed by atoms with van der Waals surface area (Å²) in [5.74, 6) is -2.67. The summed E-state index contributed by atoms with van der Waals surface area (Å²) in [5, 5.41) is 27.2. The van der Waals surface area contributed by atoms with Crippen LogP contribution < -0.4 is 10.1 Å². The number of nitrogens with one attached hydrogen (secondary N) is 1. The van der Waals surface area contributed by atoms with Gasteiger partial charge in [0.1, 0.15) is 5.25 Å². The second-order valence-corrected chi connectivity index (χ2v) is 7.26. The molecule has 27 heavy (non-hydrogen) atoms. The summed E-state index contributed by atoms with van der Waals surface area (Å²) < 4.78 is 5.20. The molecule has 1 aliphatic rings. The Morgan fingerprint density at radius 1 is 1.37 bits per heavy atom. The van der Waals surface area contributed by atoms with Crippen LogP contribution in [0.2, 0.25) is 10.0 Å². The SMILES string of the molecule is CC(Oc1c(Cl)cc(C=NN=C2NC(=O)C(CC(=O)O)S2)cc1Cl)C(=O)O. The maximum atomic E-state index is 11.6. The van der Waals surface area contributed by atoms with Crippen LogP contribution in [0.1, 0.15) is 18.9 Å². The van der Waals surface area contributed by atoms with Crippen molar-refractivity contribution in [3.05, 3.63) is 27.7 Å². The number of nitrogens with zero attached hydrogens (tertiary/aromatic N) is 2. The van der Waals surface area contributed by atoms with E-state index in [2.05, 4.69) is 15.5 Å². The summed E-state index contributed by atoms with van der Waals surface area (Å²) in [6.45, 7) is 1.34. The normalized spacial score (nSPS) is 19.3. The number of aliphatic carboxylic acids is 2. The summed E-state index contributed by atoms with van der Waals surface area (Å²) in [6.07, 6.45) is -0.139. The summed E-state index contributed by atoms with van der Waals surface area (Å²) >= 11 is 13.1. The molecule has 1 aliphatic heterocycles. The van der Waals surface area contributed by atoms with Crippen molar-refractivity contribution < 1.29 is 29.3 Å². The van der Waals surface area contributed by atoms with Crippen LogP contribution in [0.15, 0.2) is 22.3 Å². The van der Waals surface area contributed by atoms with Crippen LogP contribution in [-0.4, -0.2) is 50.8 Å². The highest BCUT2D eigenvalue weighted by Crippen LogP contribution is 2.34. The number of thioether (sulfide) groups is 1. The molecule has 0 bridgehead atoms. The molecule has 2 atom stereocenters. The smallest absolute Gasteiger partial charge is 0.344 e. The van der Waals surface area contributed by atoms with Crippen molar-refractivity contribution in [1.82, 2.24) is 5.32 Å². The Balaban J connectivity index is 2.08. The number of carbonyl (C=O) groups excluding carboxylic acids is 1. The van der Waals surface area contributed by atoms with Crippen LogP contribution in [-0.2, 0) is 14.4 Å². The quantitative estimate of drug-likeness (QED) is 0.442. The minimum atomic E-state index is -1.17. The van der Waals surface area contributed by atoms with Gasteiger partial charge in [-0.3, -0.25) is 9.59 Å². The van der Waals surface area contributed by atoms with Crippen molar-refractivity contribution in [2.45, 2.75) is 24.7 Å². The number of amidine groups is 1. The van der Waals surface area contributed by atoms with Crippen molar-refractivity contribution in [3.8, 4) is 5.75 Å². The van der Waals surface area contributed by atoms with Gasteiger partial charge in [-0.25, -0.2) is 4.79 Å². The van der Waals surface area contributed by atoms with Gasteiger partial charge < -0.3 is 20.3 Å². The van der Waals surface area contributed by atoms with Crippen molar-refractivity contribution in [2.24, 2.45) is 10.2 Å². The molecular formula is C15H13Cl2N3O6S. The Morgan fingerprint density at radius 2 is 2.00 bits per heavy atom. The van der Waals surface area contributed by atoms with Gasteiger partial charge in [0.05, 0.1) is 22.7 Å². The Hall–Kier alpha value is -2.30. The first-order chi connectivity index (χ1) is 12.7. The third-order valence-corrected chi connectivity index (χ3v) is 4.79. The lowest BCUT2D eigenvalue weighted by molar-refractivity contribution is -0.144. The molecular weight excluding hydrogens is 421 g/mol. The Bertz CT molecular complexity index is 822. The zero-order valence-corrected chi connectivity index (χ0v) is 16.0. The summed E-state index contributed by atoms with van der Waals surface area (Å²) in [7, 11) is 0. The van der Waals surface area contributed by atoms with E-state index in [1.165, 1.54) is 25.3 Å². The molecule has 1 heterocycles. The largest absolute Gasteiger partial charge is 0.481 e. The monoisotopic (exact) mass is 433 g/mol. The molecule has 2 unspecified atom stereocenters. The van der Waals surface area contributed by atoms with Crippen molar-refractivity contribution in [1.29, 1.82) is 0 Å². The van der Waals surface area contributed by atoms with Gasteiger partial charge in [-0.15, -0.1) is 5.10 Å². The average molecular weight is 434 g/mol. The Labute approximate surface area is 167 Å². The number of carbonyl (C=O) groups is 3. The number of hydrogen-bond donors (Lipinski definition) is 3. The molecule has 144 valence electrons. The molecule has 1 aromatic rings. The highest BCUT2D eigenvalue weighted by molar-refractivity contribution is 8.15. The fourth-order valence-electron chi connectivity index (χ4n) is 1.89. The van der Waals surface area contributed by atoms with Gasteiger partial charge in [-0.2, -0.15) is 5.10 Å². The Kier molecular flexibility index (Phi) is 7.05. The summed E-state index contributed by atoms with van der Waals surface area (Å²) in [5.41, 5.74) is 0.459. The van der Waals surface area contributed by atoms with E-state index in [9.17, 15) is 14.4 Å². The number of halogens is 2. The van der Waals surface area contributed by atoms with E-state index in [4.69, 9.17) is 38.2 Å². The summed E-state index contributed by atoms with van der Waals surface area (Å²) in [6, 6.07) is 2.91. The number of amides is 1. The van der Waals surface area contributed by atoms with Gasteiger partial charge in [-0.05, 0) is 24.6 Å². The molecule has 1 aromatic carbocycles. The molecule has 1 fully saturated rings. The average Bonchev–Trinajstić information content (AvgIpc) is 2.89. The van der Waals surface area contributed by atoms with E-state index in [0.29, 0.717) is 5.56 Å². The first-order valence-corrected chi connectivity index (χ1v) is 8.99. The minimum absolute atomic E-state index is 0.0341. The van der Waals surface area contributed by atoms with Crippen LogP contribution in [0.5, 0.6) is 5.75 Å². The van der Waals surface area contributed by atoms with E-state index in [1.54, 1.807) is 0 Å². The van der Waals surface area contributed by atoms with Crippen molar-refractivity contribution >= 4 is 64.2 Å². The van der Waals surface area contributed by atoms with E-state index >= 15 is 0 Å². The van der Waals surface area contributed by atoms with Crippen LogP contribution in [0.4, 0.5) is 0 Å². The maximum absolute atomic E-state index is 11.6. The molecule has 0 aliphatic carbocycles. The van der Waals surface area contributed by atoms with E-state index in [0.717, 1.165) is 11.8 Å². The highest BCUT2D eigenvalue weighted by atomic mass is 35.5.